The first-order chi connectivity index (χ1) is 7.07. The Kier molecular flexibility index (Phi) is 2.76. The third-order valence-electron chi connectivity index (χ3n) is 2.63. The van der Waals surface area contributed by atoms with E-state index in [1.807, 2.05) is 19.2 Å². The summed E-state index contributed by atoms with van der Waals surface area (Å²) in [5.41, 5.74) is 2.17. The van der Waals surface area contributed by atoms with E-state index in [9.17, 15) is 0 Å². The van der Waals surface area contributed by atoms with Crippen molar-refractivity contribution in [2.75, 3.05) is 13.1 Å². The van der Waals surface area contributed by atoms with Crippen molar-refractivity contribution in [2.24, 2.45) is 0 Å². The molecule has 1 saturated heterocycles. The monoisotopic (exact) mass is 206 g/mol. The van der Waals surface area contributed by atoms with Crippen LogP contribution >= 0.6 is 0 Å². The summed E-state index contributed by atoms with van der Waals surface area (Å²) in [5, 5.41) is 3.40. The van der Waals surface area contributed by atoms with Crippen LogP contribution in [0.4, 0.5) is 0 Å². The van der Waals surface area contributed by atoms with Crippen LogP contribution in [0.25, 0.3) is 0 Å². The Labute approximate surface area is 90.9 Å². The van der Waals surface area contributed by atoms with Gasteiger partial charge in [-0.05, 0) is 38.5 Å². The Hall–Kier alpha value is -0.930. The van der Waals surface area contributed by atoms with Crippen molar-refractivity contribution in [3.8, 4) is 0 Å². The van der Waals surface area contributed by atoms with E-state index in [0.29, 0.717) is 0 Å². The molecule has 0 saturated carbocycles. The largest absolute Gasteiger partial charge is 0.365 e. The molecule has 0 aromatic carbocycles. The third kappa shape index (κ3) is 2.55. The molecule has 0 amide bonds. The van der Waals surface area contributed by atoms with Crippen LogP contribution in [-0.2, 0) is 4.74 Å². The minimum Gasteiger partial charge on any atom is -0.365 e. The molecule has 1 fully saturated rings. The lowest BCUT2D eigenvalue weighted by Crippen LogP contribution is -2.46. The van der Waals surface area contributed by atoms with Crippen molar-refractivity contribution in [1.82, 2.24) is 10.3 Å². The van der Waals surface area contributed by atoms with Crippen molar-refractivity contribution >= 4 is 0 Å². The van der Waals surface area contributed by atoms with Gasteiger partial charge < -0.3 is 10.1 Å². The smallest absolute Gasteiger partial charge is 0.0958 e. The summed E-state index contributed by atoms with van der Waals surface area (Å²) in [6, 6.07) is 4.12. The molecule has 2 heterocycles. The van der Waals surface area contributed by atoms with Gasteiger partial charge in [0.1, 0.15) is 0 Å². The molecule has 15 heavy (non-hydrogen) atoms. The van der Waals surface area contributed by atoms with Crippen LogP contribution in [0.2, 0.25) is 0 Å². The summed E-state index contributed by atoms with van der Waals surface area (Å²) in [6.07, 6.45) is 1.99. The molecule has 0 aliphatic carbocycles. The predicted octanol–water partition coefficient (Wildman–Crippen LogP) is 1.83. The molecule has 0 radical (unpaired) electrons. The molecule has 2 rings (SSSR count). The van der Waals surface area contributed by atoms with Crippen LogP contribution in [0.1, 0.15) is 31.2 Å². The normalized spacial score (nSPS) is 25.1. The molecule has 82 valence electrons. The van der Waals surface area contributed by atoms with E-state index < -0.39 is 0 Å². The molecule has 0 unspecified atom stereocenters. The minimum atomic E-state index is -0.0832. The number of rotatable bonds is 1. The lowest BCUT2D eigenvalue weighted by molar-refractivity contribution is -0.0959. The van der Waals surface area contributed by atoms with E-state index in [0.717, 1.165) is 18.8 Å². The topological polar surface area (TPSA) is 34.1 Å². The summed E-state index contributed by atoms with van der Waals surface area (Å²) >= 11 is 0. The maximum atomic E-state index is 6.02. The van der Waals surface area contributed by atoms with Gasteiger partial charge in [-0.25, -0.2) is 0 Å². The average Bonchev–Trinajstić information content (AvgIpc) is 2.16. The highest BCUT2D eigenvalue weighted by Gasteiger charge is 2.29. The lowest BCUT2D eigenvalue weighted by atomic mass is 10.0. The van der Waals surface area contributed by atoms with Crippen molar-refractivity contribution in [2.45, 2.75) is 32.5 Å². The zero-order chi connectivity index (χ0) is 10.9. The SMILES string of the molecule is Cc1cc([C@@H]2CNCC(C)(C)O2)ccn1. The minimum absolute atomic E-state index is 0.0832. The number of nitrogens with zero attached hydrogens (tertiary/aromatic N) is 1. The number of ether oxygens (including phenoxy) is 1. The highest BCUT2D eigenvalue weighted by molar-refractivity contribution is 5.19. The van der Waals surface area contributed by atoms with E-state index in [4.69, 9.17) is 4.74 Å². The summed E-state index contributed by atoms with van der Waals surface area (Å²) in [4.78, 5) is 4.20. The molecular weight excluding hydrogens is 188 g/mol. The first-order valence-corrected chi connectivity index (χ1v) is 5.38. The molecule has 0 spiro atoms. The highest BCUT2D eigenvalue weighted by Crippen LogP contribution is 2.26. The fraction of sp³-hybridized carbons (Fsp3) is 0.583. The molecule has 3 nitrogen and oxygen atoms in total. The number of hydrogen-bond donors (Lipinski definition) is 1. The Morgan fingerprint density at radius 2 is 2.33 bits per heavy atom. The van der Waals surface area contributed by atoms with Gasteiger partial charge in [0, 0.05) is 25.0 Å². The maximum Gasteiger partial charge on any atom is 0.0958 e. The number of pyridine rings is 1. The van der Waals surface area contributed by atoms with Crippen LogP contribution in [0.5, 0.6) is 0 Å². The average molecular weight is 206 g/mol. The highest BCUT2D eigenvalue weighted by atomic mass is 16.5. The van der Waals surface area contributed by atoms with E-state index in [2.05, 4.69) is 30.2 Å². The lowest BCUT2D eigenvalue weighted by Gasteiger charge is -2.36. The second-order valence-electron chi connectivity index (χ2n) is 4.73. The van der Waals surface area contributed by atoms with E-state index in [-0.39, 0.29) is 11.7 Å². The zero-order valence-corrected chi connectivity index (χ0v) is 9.58. The van der Waals surface area contributed by atoms with E-state index >= 15 is 0 Å². The van der Waals surface area contributed by atoms with Gasteiger partial charge in [-0.3, -0.25) is 4.98 Å². The molecular formula is C12H18N2O. The molecule has 1 atom stereocenters. The predicted molar refractivity (Wildman–Crippen MR) is 59.7 cm³/mol. The van der Waals surface area contributed by atoms with Gasteiger partial charge >= 0.3 is 0 Å². The maximum absolute atomic E-state index is 6.02. The summed E-state index contributed by atoms with van der Waals surface area (Å²) < 4.78 is 6.02. The number of hydrogen-bond acceptors (Lipinski definition) is 3. The van der Waals surface area contributed by atoms with Gasteiger partial charge in [-0.1, -0.05) is 0 Å². The number of aromatic nitrogens is 1. The Morgan fingerprint density at radius 1 is 1.53 bits per heavy atom. The Bertz CT molecular complexity index is 349. The van der Waals surface area contributed by atoms with Crippen molar-refractivity contribution in [3.05, 3.63) is 29.6 Å². The van der Waals surface area contributed by atoms with Crippen LogP contribution in [0.15, 0.2) is 18.3 Å². The summed E-state index contributed by atoms with van der Waals surface area (Å²) in [5.74, 6) is 0. The number of nitrogens with one attached hydrogen (secondary N) is 1. The van der Waals surface area contributed by atoms with E-state index in [1.54, 1.807) is 0 Å². The van der Waals surface area contributed by atoms with Crippen molar-refractivity contribution < 1.29 is 4.74 Å². The summed E-state index contributed by atoms with van der Waals surface area (Å²) in [6.45, 7) is 8.02. The quantitative estimate of drug-likeness (QED) is 0.761. The molecule has 1 aromatic rings. The van der Waals surface area contributed by atoms with Crippen LogP contribution in [-0.4, -0.2) is 23.7 Å². The first-order valence-electron chi connectivity index (χ1n) is 5.38. The molecule has 1 N–H and O–H groups in total. The Morgan fingerprint density at radius 3 is 3.00 bits per heavy atom. The van der Waals surface area contributed by atoms with Gasteiger partial charge in [-0.15, -0.1) is 0 Å². The first kappa shape index (κ1) is 10.6. The zero-order valence-electron chi connectivity index (χ0n) is 9.58. The van der Waals surface area contributed by atoms with Crippen molar-refractivity contribution in [3.63, 3.8) is 0 Å². The van der Waals surface area contributed by atoms with Crippen LogP contribution < -0.4 is 5.32 Å². The van der Waals surface area contributed by atoms with Gasteiger partial charge in [-0.2, -0.15) is 0 Å². The number of aryl methyl sites for hydroxylation is 1. The van der Waals surface area contributed by atoms with Gasteiger partial charge in [0.25, 0.3) is 0 Å². The van der Waals surface area contributed by atoms with Crippen molar-refractivity contribution in [1.29, 1.82) is 0 Å². The van der Waals surface area contributed by atoms with E-state index in [1.165, 1.54) is 5.56 Å². The molecule has 1 aliphatic rings. The molecule has 3 heteroatoms. The van der Waals surface area contributed by atoms with Gasteiger partial charge in [0.2, 0.25) is 0 Å². The fourth-order valence-corrected chi connectivity index (χ4v) is 1.93. The molecule has 0 bridgehead atoms. The summed E-state index contributed by atoms with van der Waals surface area (Å²) in [7, 11) is 0. The molecule has 1 aromatic heterocycles. The Balaban J connectivity index is 2.17. The number of morpholine rings is 1. The van der Waals surface area contributed by atoms with Gasteiger partial charge in [0.05, 0.1) is 11.7 Å². The fourth-order valence-electron chi connectivity index (χ4n) is 1.93. The standard InChI is InChI=1S/C12H18N2O/c1-9-6-10(4-5-14-9)11-7-13-8-12(2,3)15-11/h4-6,11,13H,7-8H2,1-3H3/t11-/m0/s1. The second kappa shape index (κ2) is 3.91. The molecule has 1 aliphatic heterocycles. The van der Waals surface area contributed by atoms with Crippen LogP contribution in [0.3, 0.4) is 0 Å². The van der Waals surface area contributed by atoms with Crippen LogP contribution in [0, 0.1) is 6.92 Å². The third-order valence-corrected chi connectivity index (χ3v) is 2.63. The van der Waals surface area contributed by atoms with Gasteiger partial charge in [0.15, 0.2) is 0 Å². The second-order valence-corrected chi connectivity index (χ2v) is 4.73.